The summed E-state index contributed by atoms with van der Waals surface area (Å²) in [5.74, 6) is -1.36. The van der Waals surface area contributed by atoms with E-state index in [0.29, 0.717) is 23.2 Å². The highest BCUT2D eigenvalue weighted by molar-refractivity contribution is 5.86. The van der Waals surface area contributed by atoms with Crippen LogP contribution in [0.2, 0.25) is 0 Å². The van der Waals surface area contributed by atoms with Crippen LogP contribution in [0, 0.1) is 17.0 Å². The lowest BCUT2D eigenvalue weighted by molar-refractivity contribution is -0.384. The topological polar surface area (TPSA) is 106 Å². The number of aryl methyl sites for hydroxylation is 2. The first-order valence-electron chi connectivity index (χ1n) is 5.91. The standard InChI is InChI=1S/C13H12N2O5/c1-3-10-11(13(16)17)20-12(14-10)8-4-7(2)5-9(6-8)15(18)19/h4-6H,3H2,1-2H3,(H,16,17). The van der Waals surface area contributed by atoms with Crippen LogP contribution in [-0.2, 0) is 6.42 Å². The highest BCUT2D eigenvalue weighted by Gasteiger charge is 2.20. The summed E-state index contributed by atoms with van der Waals surface area (Å²) in [6, 6.07) is 4.39. The Balaban J connectivity index is 2.56. The van der Waals surface area contributed by atoms with Crippen molar-refractivity contribution in [2.24, 2.45) is 0 Å². The van der Waals surface area contributed by atoms with Gasteiger partial charge in [-0.15, -0.1) is 0 Å². The average molecular weight is 276 g/mol. The quantitative estimate of drug-likeness (QED) is 0.679. The molecule has 1 aromatic carbocycles. The second-order valence-corrected chi connectivity index (χ2v) is 4.27. The first-order chi connectivity index (χ1) is 9.42. The summed E-state index contributed by atoms with van der Waals surface area (Å²) in [5, 5.41) is 19.8. The van der Waals surface area contributed by atoms with E-state index >= 15 is 0 Å². The number of non-ortho nitro benzene ring substituents is 1. The zero-order valence-electron chi connectivity index (χ0n) is 10.9. The van der Waals surface area contributed by atoms with E-state index in [1.807, 2.05) is 0 Å². The van der Waals surface area contributed by atoms with E-state index in [9.17, 15) is 14.9 Å². The number of hydrogen-bond donors (Lipinski definition) is 1. The van der Waals surface area contributed by atoms with Gasteiger partial charge in [-0.3, -0.25) is 10.1 Å². The Morgan fingerprint density at radius 2 is 2.15 bits per heavy atom. The third kappa shape index (κ3) is 2.51. The molecule has 2 aromatic rings. The van der Waals surface area contributed by atoms with Gasteiger partial charge < -0.3 is 9.52 Å². The second-order valence-electron chi connectivity index (χ2n) is 4.27. The van der Waals surface area contributed by atoms with Crippen molar-refractivity contribution in [2.45, 2.75) is 20.3 Å². The molecule has 0 radical (unpaired) electrons. The highest BCUT2D eigenvalue weighted by Crippen LogP contribution is 2.27. The molecule has 0 saturated heterocycles. The monoisotopic (exact) mass is 276 g/mol. The van der Waals surface area contributed by atoms with Gasteiger partial charge in [0, 0.05) is 17.7 Å². The minimum absolute atomic E-state index is 0.0750. The maximum Gasteiger partial charge on any atom is 0.373 e. The lowest BCUT2D eigenvalue weighted by Crippen LogP contribution is -1.98. The predicted molar refractivity (Wildman–Crippen MR) is 69.7 cm³/mol. The lowest BCUT2D eigenvalue weighted by Gasteiger charge is -1.99. The number of oxazole rings is 1. The van der Waals surface area contributed by atoms with E-state index in [1.165, 1.54) is 12.1 Å². The molecule has 0 bridgehead atoms. The molecule has 0 aliphatic rings. The Hall–Kier alpha value is -2.70. The fraction of sp³-hybridized carbons (Fsp3) is 0.231. The molecule has 20 heavy (non-hydrogen) atoms. The summed E-state index contributed by atoms with van der Waals surface area (Å²) in [6.45, 7) is 3.46. The van der Waals surface area contributed by atoms with E-state index in [4.69, 9.17) is 9.52 Å². The largest absolute Gasteiger partial charge is 0.475 e. The molecule has 0 unspecified atom stereocenters. The van der Waals surface area contributed by atoms with Crippen molar-refractivity contribution in [1.29, 1.82) is 0 Å². The Bertz CT molecular complexity index is 690. The molecule has 0 saturated carbocycles. The summed E-state index contributed by atoms with van der Waals surface area (Å²) in [4.78, 5) is 25.4. The minimum atomic E-state index is -1.21. The van der Waals surface area contributed by atoms with Crippen LogP contribution in [-0.4, -0.2) is 21.0 Å². The number of aromatic carboxylic acids is 1. The number of hydrogen-bond acceptors (Lipinski definition) is 5. The third-order valence-electron chi connectivity index (χ3n) is 2.75. The fourth-order valence-electron chi connectivity index (χ4n) is 1.87. The molecular weight excluding hydrogens is 264 g/mol. The van der Waals surface area contributed by atoms with Crippen molar-refractivity contribution in [2.75, 3.05) is 0 Å². The Labute approximate surface area is 114 Å². The van der Waals surface area contributed by atoms with Crippen LogP contribution >= 0.6 is 0 Å². The number of carboxylic acids is 1. The van der Waals surface area contributed by atoms with Gasteiger partial charge in [-0.1, -0.05) is 6.92 Å². The third-order valence-corrected chi connectivity index (χ3v) is 2.75. The van der Waals surface area contributed by atoms with Crippen molar-refractivity contribution in [3.05, 3.63) is 45.3 Å². The van der Waals surface area contributed by atoms with E-state index in [-0.39, 0.29) is 17.3 Å². The Morgan fingerprint density at radius 1 is 1.45 bits per heavy atom. The van der Waals surface area contributed by atoms with Gasteiger partial charge in [0.05, 0.1) is 10.6 Å². The zero-order valence-corrected chi connectivity index (χ0v) is 10.9. The number of aromatic nitrogens is 1. The predicted octanol–water partition coefficient (Wildman–Crippen LogP) is 2.82. The van der Waals surface area contributed by atoms with Crippen molar-refractivity contribution >= 4 is 11.7 Å². The SMILES string of the molecule is CCc1nc(-c2cc(C)cc([N+](=O)[O-])c2)oc1C(=O)O. The average Bonchev–Trinajstić information content (AvgIpc) is 2.82. The molecule has 1 heterocycles. The number of nitrogens with zero attached hydrogens (tertiary/aromatic N) is 2. The van der Waals surface area contributed by atoms with E-state index < -0.39 is 10.9 Å². The van der Waals surface area contributed by atoms with Crippen LogP contribution in [0.25, 0.3) is 11.5 Å². The molecule has 0 aliphatic heterocycles. The van der Waals surface area contributed by atoms with Crippen LogP contribution in [0.4, 0.5) is 5.69 Å². The molecule has 0 spiro atoms. The van der Waals surface area contributed by atoms with E-state index in [2.05, 4.69) is 4.98 Å². The molecular formula is C13H12N2O5. The number of nitro groups is 1. The van der Waals surface area contributed by atoms with Gasteiger partial charge in [0.15, 0.2) is 0 Å². The smallest absolute Gasteiger partial charge is 0.373 e. The van der Waals surface area contributed by atoms with E-state index in [0.717, 1.165) is 0 Å². The van der Waals surface area contributed by atoms with Gasteiger partial charge in [0.25, 0.3) is 5.69 Å². The summed E-state index contributed by atoms with van der Waals surface area (Å²) < 4.78 is 5.21. The molecule has 1 N–H and O–H groups in total. The van der Waals surface area contributed by atoms with Crippen LogP contribution in [0.5, 0.6) is 0 Å². The molecule has 1 aromatic heterocycles. The van der Waals surface area contributed by atoms with Gasteiger partial charge >= 0.3 is 5.97 Å². The molecule has 0 fully saturated rings. The van der Waals surface area contributed by atoms with Gasteiger partial charge in [-0.2, -0.15) is 0 Å². The number of nitro benzene ring substituents is 1. The van der Waals surface area contributed by atoms with Crippen LogP contribution < -0.4 is 0 Å². The maximum absolute atomic E-state index is 11.0. The van der Waals surface area contributed by atoms with E-state index in [1.54, 1.807) is 19.9 Å². The zero-order chi connectivity index (χ0) is 14.9. The summed E-state index contributed by atoms with van der Waals surface area (Å²) in [7, 11) is 0. The minimum Gasteiger partial charge on any atom is -0.475 e. The molecule has 7 heteroatoms. The molecule has 0 aliphatic carbocycles. The first kappa shape index (κ1) is 13.7. The first-order valence-corrected chi connectivity index (χ1v) is 5.91. The van der Waals surface area contributed by atoms with Crippen LogP contribution in [0.15, 0.2) is 22.6 Å². The van der Waals surface area contributed by atoms with Gasteiger partial charge in [0.1, 0.15) is 0 Å². The van der Waals surface area contributed by atoms with Crippen molar-refractivity contribution in [1.82, 2.24) is 4.98 Å². The Kier molecular flexibility index (Phi) is 3.51. The van der Waals surface area contributed by atoms with Crippen molar-refractivity contribution < 1.29 is 19.2 Å². The summed E-state index contributed by atoms with van der Waals surface area (Å²) >= 11 is 0. The van der Waals surface area contributed by atoms with Gasteiger partial charge in [0.2, 0.25) is 11.7 Å². The molecule has 2 rings (SSSR count). The summed E-state index contributed by atoms with van der Waals surface area (Å²) in [6.07, 6.45) is 0.402. The number of carboxylic acid groups (broad SMARTS) is 1. The molecule has 0 atom stereocenters. The number of rotatable bonds is 4. The molecule has 104 valence electrons. The van der Waals surface area contributed by atoms with Crippen molar-refractivity contribution in [3.8, 4) is 11.5 Å². The number of benzene rings is 1. The molecule has 7 nitrogen and oxygen atoms in total. The van der Waals surface area contributed by atoms with Crippen molar-refractivity contribution in [3.63, 3.8) is 0 Å². The summed E-state index contributed by atoms with van der Waals surface area (Å²) in [5.41, 5.74) is 1.28. The maximum atomic E-state index is 11.0. The second kappa shape index (κ2) is 5.12. The Morgan fingerprint density at radius 3 is 2.65 bits per heavy atom. The lowest BCUT2D eigenvalue weighted by atomic mass is 10.1. The normalized spacial score (nSPS) is 10.5. The highest BCUT2D eigenvalue weighted by atomic mass is 16.6. The molecule has 0 amide bonds. The van der Waals surface area contributed by atoms with Gasteiger partial charge in [-0.25, -0.2) is 9.78 Å². The van der Waals surface area contributed by atoms with Gasteiger partial charge in [-0.05, 0) is 25.0 Å². The fourth-order valence-corrected chi connectivity index (χ4v) is 1.87. The van der Waals surface area contributed by atoms with Crippen LogP contribution in [0.1, 0.15) is 28.7 Å². The van der Waals surface area contributed by atoms with Crippen LogP contribution in [0.3, 0.4) is 0 Å². The number of carbonyl (C=O) groups is 1.